The normalized spacial score (nSPS) is 13.9. The molecule has 4 heteroatoms. The summed E-state index contributed by atoms with van der Waals surface area (Å²) >= 11 is 0. The van der Waals surface area contributed by atoms with E-state index in [-0.39, 0.29) is 17.0 Å². The lowest BCUT2D eigenvalue weighted by Gasteiger charge is -2.02. The number of nitrogens with zero attached hydrogens (tertiary/aromatic N) is 1. The minimum atomic E-state index is -0.679. The first-order valence-corrected chi connectivity index (χ1v) is 5.43. The van der Waals surface area contributed by atoms with Crippen LogP contribution in [-0.2, 0) is 0 Å². The van der Waals surface area contributed by atoms with E-state index < -0.39 is 11.6 Å². The van der Waals surface area contributed by atoms with Crippen molar-refractivity contribution in [2.24, 2.45) is 0 Å². The highest BCUT2D eigenvalue weighted by atomic mass is 19.1. The first kappa shape index (κ1) is 10.7. The first-order valence-electron chi connectivity index (χ1n) is 5.43. The second-order valence-electron chi connectivity index (χ2n) is 3.97. The molecule has 0 radical (unpaired) electrons. The number of rotatable bonds is 1. The number of hydrogen-bond donors (Lipinski definition) is 0. The lowest BCUT2D eigenvalue weighted by Crippen LogP contribution is -2.16. The zero-order valence-electron chi connectivity index (χ0n) is 9.26. The van der Waals surface area contributed by atoms with Crippen molar-refractivity contribution in [3.63, 3.8) is 0 Å². The molecule has 0 N–H and O–H groups in total. The Balaban J connectivity index is 2.26. The molecule has 0 aliphatic carbocycles. The highest BCUT2D eigenvalue weighted by molar-refractivity contribution is 6.52. The van der Waals surface area contributed by atoms with Gasteiger partial charge in [0.05, 0.1) is 5.56 Å². The Morgan fingerprint density at radius 2 is 1.72 bits per heavy atom. The summed E-state index contributed by atoms with van der Waals surface area (Å²) in [5.41, 5.74) is 0.383. The third-order valence-electron chi connectivity index (χ3n) is 2.90. The first-order chi connectivity index (χ1) is 8.70. The van der Waals surface area contributed by atoms with Crippen molar-refractivity contribution in [3.8, 4) is 0 Å². The van der Waals surface area contributed by atoms with E-state index in [0.717, 1.165) is 0 Å². The van der Waals surface area contributed by atoms with E-state index in [1.54, 1.807) is 30.3 Å². The third-order valence-corrected chi connectivity index (χ3v) is 2.90. The Hall–Kier alpha value is -2.49. The van der Waals surface area contributed by atoms with Crippen molar-refractivity contribution in [1.82, 2.24) is 0 Å². The molecule has 88 valence electrons. The molecular formula is C14H8FNO2. The van der Waals surface area contributed by atoms with Crippen LogP contribution in [0.1, 0.15) is 15.9 Å². The molecule has 3 rings (SSSR count). The molecular weight excluding hydrogens is 233 g/mol. The minimum Gasteiger partial charge on any atom is -0.618 e. The highest BCUT2D eigenvalue weighted by Crippen LogP contribution is 2.30. The molecule has 1 aliphatic heterocycles. The van der Waals surface area contributed by atoms with Gasteiger partial charge in [-0.1, -0.05) is 24.3 Å². The van der Waals surface area contributed by atoms with Crippen LogP contribution in [0, 0.1) is 11.0 Å². The van der Waals surface area contributed by atoms with Crippen molar-refractivity contribution in [3.05, 3.63) is 70.7 Å². The van der Waals surface area contributed by atoms with Gasteiger partial charge < -0.3 is 5.21 Å². The van der Waals surface area contributed by atoms with Crippen molar-refractivity contribution in [2.45, 2.75) is 0 Å². The standard InChI is InChI=1S/C14H8FNO2/c15-11-8-4-7-10-13(11)16(18)12(14(10)17)9-5-2-1-3-6-9/h1-8H. The number of hydrogen-bond acceptors (Lipinski definition) is 2. The summed E-state index contributed by atoms with van der Waals surface area (Å²) in [6.45, 7) is 0. The van der Waals surface area contributed by atoms with Crippen LogP contribution in [0.3, 0.4) is 0 Å². The van der Waals surface area contributed by atoms with Crippen molar-refractivity contribution >= 4 is 17.2 Å². The molecule has 3 nitrogen and oxygen atoms in total. The van der Waals surface area contributed by atoms with Crippen molar-refractivity contribution in [1.29, 1.82) is 0 Å². The van der Waals surface area contributed by atoms with Gasteiger partial charge in [0.15, 0.2) is 5.82 Å². The zero-order chi connectivity index (χ0) is 12.7. The number of para-hydroxylation sites is 1. The van der Waals surface area contributed by atoms with Gasteiger partial charge in [0, 0.05) is 0 Å². The summed E-state index contributed by atoms with van der Waals surface area (Å²) in [5.74, 6) is -1.12. The Labute approximate surface area is 102 Å². The van der Waals surface area contributed by atoms with E-state index in [9.17, 15) is 14.4 Å². The van der Waals surface area contributed by atoms with E-state index in [4.69, 9.17) is 0 Å². The van der Waals surface area contributed by atoms with Gasteiger partial charge in [0.2, 0.25) is 0 Å². The molecule has 0 fully saturated rings. The maximum absolute atomic E-state index is 13.6. The fourth-order valence-electron chi connectivity index (χ4n) is 2.08. The number of benzene rings is 2. The number of ketones is 1. The number of halogens is 1. The number of Topliss-reactive ketones (excluding diaryl/α,β-unsaturated/α-hetero) is 1. The van der Waals surface area contributed by atoms with E-state index in [1.807, 2.05) is 0 Å². The fourth-order valence-corrected chi connectivity index (χ4v) is 2.08. The summed E-state index contributed by atoms with van der Waals surface area (Å²) in [4.78, 5) is 12.1. The van der Waals surface area contributed by atoms with Crippen LogP contribution >= 0.6 is 0 Å². The minimum absolute atomic E-state index is 0.0318. The van der Waals surface area contributed by atoms with E-state index in [0.29, 0.717) is 10.3 Å². The van der Waals surface area contributed by atoms with Gasteiger partial charge in [-0.15, -0.1) is 0 Å². The van der Waals surface area contributed by atoms with Gasteiger partial charge in [0.25, 0.3) is 17.2 Å². The molecule has 0 aromatic heterocycles. The predicted molar refractivity (Wildman–Crippen MR) is 64.6 cm³/mol. The topological polar surface area (TPSA) is 43.1 Å². The van der Waals surface area contributed by atoms with E-state index in [1.165, 1.54) is 18.2 Å². The van der Waals surface area contributed by atoms with Crippen molar-refractivity contribution in [2.75, 3.05) is 0 Å². The maximum Gasteiger partial charge on any atom is 0.273 e. The number of carbonyl (C=O) groups is 1. The third kappa shape index (κ3) is 1.35. The summed E-state index contributed by atoms with van der Waals surface area (Å²) in [7, 11) is 0. The van der Waals surface area contributed by atoms with Crippen LogP contribution in [0.5, 0.6) is 0 Å². The zero-order valence-corrected chi connectivity index (χ0v) is 9.26. The molecule has 0 unspecified atom stereocenters. The van der Waals surface area contributed by atoms with E-state index >= 15 is 0 Å². The van der Waals surface area contributed by atoms with Gasteiger partial charge in [-0.2, -0.15) is 9.13 Å². The quantitative estimate of drug-likeness (QED) is 0.569. The molecule has 0 saturated heterocycles. The molecule has 0 atom stereocenters. The van der Waals surface area contributed by atoms with Crippen LogP contribution in [0.15, 0.2) is 48.5 Å². The smallest absolute Gasteiger partial charge is 0.273 e. The molecule has 2 aromatic rings. The van der Waals surface area contributed by atoms with Crippen LogP contribution in [0.4, 0.5) is 10.1 Å². The Kier molecular flexibility index (Phi) is 2.23. The molecule has 2 aromatic carbocycles. The second kappa shape index (κ2) is 3.77. The van der Waals surface area contributed by atoms with Gasteiger partial charge in [-0.05, 0) is 24.3 Å². The monoisotopic (exact) mass is 241 g/mol. The predicted octanol–water partition coefficient (Wildman–Crippen LogP) is 2.65. The average Bonchev–Trinajstić information content (AvgIpc) is 2.64. The van der Waals surface area contributed by atoms with Crippen LogP contribution in [0.25, 0.3) is 0 Å². The number of fused-ring (bicyclic) bond motifs is 1. The molecule has 1 heterocycles. The maximum atomic E-state index is 13.6. The van der Waals surface area contributed by atoms with Gasteiger partial charge in [-0.3, -0.25) is 4.79 Å². The van der Waals surface area contributed by atoms with E-state index in [2.05, 4.69) is 0 Å². The highest BCUT2D eigenvalue weighted by Gasteiger charge is 2.38. The lowest BCUT2D eigenvalue weighted by atomic mass is 10.0. The summed E-state index contributed by atoms with van der Waals surface area (Å²) in [6.07, 6.45) is 0. The molecule has 0 bridgehead atoms. The van der Waals surface area contributed by atoms with Crippen LogP contribution in [-0.4, -0.2) is 16.2 Å². The van der Waals surface area contributed by atoms with Gasteiger partial charge in [-0.25, -0.2) is 0 Å². The second-order valence-corrected chi connectivity index (χ2v) is 3.97. The molecule has 1 aliphatic rings. The Bertz CT molecular complexity index is 677. The Morgan fingerprint density at radius 3 is 2.39 bits per heavy atom. The van der Waals surface area contributed by atoms with Crippen LogP contribution < -0.4 is 0 Å². The van der Waals surface area contributed by atoms with Gasteiger partial charge >= 0.3 is 0 Å². The SMILES string of the molecule is O=C1C(c2ccccc2)=[N+]([O-])c2c(F)cccc21. The Morgan fingerprint density at radius 1 is 1.00 bits per heavy atom. The molecule has 18 heavy (non-hydrogen) atoms. The molecule has 0 amide bonds. The summed E-state index contributed by atoms with van der Waals surface area (Å²) in [6, 6.07) is 12.6. The fraction of sp³-hybridized carbons (Fsp3) is 0. The lowest BCUT2D eigenvalue weighted by molar-refractivity contribution is -0.358. The average molecular weight is 241 g/mol. The summed E-state index contributed by atoms with van der Waals surface area (Å²) in [5, 5.41) is 12.0. The van der Waals surface area contributed by atoms with Crippen LogP contribution in [0.2, 0.25) is 0 Å². The molecule has 0 spiro atoms. The number of carbonyl (C=O) groups excluding carboxylic acids is 1. The van der Waals surface area contributed by atoms with Crippen molar-refractivity contribution < 1.29 is 13.9 Å². The summed E-state index contributed by atoms with van der Waals surface area (Å²) < 4.78 is 14.0. The molecule has 0 saturated carbocycles. The van der Waals surface area contributed by atoms with Gasteiger partial charge in [0.1, 0.15) is 5.56 Å². The largest absolute Gasteiger partial charge is 0.618 e.